The van der Waals surface area contributed by atoms with Crippen LogP contribution in [0.1, 0.15) is 36.0 Å². The van der Waals surface area contributed by atoms with E-state index in [1.165, 1.54) is 16.9 Å². The zero-order chi connectivity index (χ0) is 13.1. The SMILES string of the molecule is CCc1nc(CC)n(-c2nccc(C(=O)O)n2)n1. The van der Waals surface area contributed by atoms with Crippen LogP contribution in [-0.4, -0.2) is 35.8 Å². The monoisotopic (exact) mass is 247 g/mol. The molecule has 0 radical (unpaired) electrons. The van der Waals surface area contributed by atoms with Crippen LogP contribution in [0.4, 0.5) is 0 Å². The minimum atomic E-state index is -1.09. The second-order valence-electron chi connectivity index (χ2n) is 3.61. The minimum Gasteiger partial charge on any atom is -0.477 e. The van der Waals surface area contributed by atoms with Gasteiger partial charge in [-0.3, -0.25) is 0 Å². The Kier molecular flexibility index (Phi) is 3.31. The molecular weight excluding hydrogens is 234 g/mol. The molecule has 0 unspecified atom stereocenters. The zero-order valence-corrected chi connectivity index (χ0v) is 10.2. The molecule has 2 rings (SSSR count). The highest BCUT2D eigenvalue weighted by molar-refractivity contribution is 5.85. The molecule has 0 bridgehead atoms. The molecule has 18 heavy (non-hydrogen) atoms. The van der Waals surface area contributed by atoms with E-state index in [0.717, 1.165) is 5.82 Å². The van der Waals surface area contributed by atoms with Crippen LogP contribution < -0.4 is 0 Å². The molecule has 0 aliphatic rings. The van der Waals surface area contributed by atoms with Gasteiger partial charge in [0.05, 0.1) is 0 Å². The quantitative estimate of drug-likeness (QED) is 0.861. The summed E-state index contributed by atoms with van der Waals surface area (Å²) in [7, 11) is 0. The van der Waals surface area contributed by atoms with Gasteiger partial charge in [-0.25, -0.2) is 19.7 Å². The normalized spacial score (nSPS) is 10.6. The number of nitrogens with zero attached hydrogens (tertiary/aromatic N) is 5. The smallest absolute Gasteiger partial charge is 0.354 e. The summed E-state index contributed by atoms with van der Waals surface area (Å²) in [6, 6.07) is 1.34. The van der Waals surface area contributed by atoms with Gasteiger partial charge in [0.2, 0.25) is 0 Å². The highest BCUT2D eigenvalue weighted by atomic mass is 16.4. The van der Waals surface area contributed by atoms with Crippen LogP contribution >= 0.6 is 0 Å². The molecule has 0 aromatic carbocycles. The van der Waals surface area contributed by atoms with Gasteiger partial charge in [-0.05, 0) is 6.07 Å². The average Bonchev–Trinajstić information content (AvgIpc) is 2.82. The fraction of sp³-hybridized carbons (Fsp3) is 0.364. The fourth-order valence-corrected chi connectivity index (χ4v) is 1.50. The fourth-order valence-electron chi connectivity index (χ4n) is 1.50. The number of hydrogen-bond donors (Lipinski definition) is 1. The maximum atomic E-state index is 10.9. The van der Waals surface area contributed by atoms with E-state index in [0.29, 0.717) is 18.7 Å². The summed E-state index contributed by atoms with van der Waals surface area (Å²) < 4.78 is 1.49. The lowest BCUT2D eigenvalue weighted by molar-refractivity contribution is 0.0690. The number of carboxylic acids is 1. The molecule has 94 valence electrons. The second kappa shape index (κ2) is 4.91. The van der Waals surface area contributed by atoms with Crippen molar-refractivity contribution < 1.29 is 9.90 Å². The highest BCUT2D eigenvalue weighted by Crippen LogP contribution is 2.07. The first-order chi connectivity index (χ1) is 8.65. The first-order valence-electron chi connectivity index (χ1n) is 5.67. The molecule has 7 heteroatoms. The van der Waals surface area contributed by atoms with E-state index in [1.807, 2.05) is 13.8 Å². The van der Waals surface area contributed by atoms with Gasteiger partial charge in [-0.15, -0.1) is 5.10 Å². The molecule has 0 aliphatic carbocycles. The number of aryl methyl sites for hydroxylation is 2. The first kappa shape index (κ1) is 12.2. The van der Waals surface area contributed by atoms with E-state index in [-0.39, 0.29) is 11.6 Å². The Bertz CT molecular complexity index is 579. The molecule has 0 atom stereocenters. The van der Waals surface area contributed by atoms with Crippen LogP contribution in [0, 0.1) is 0 Å². The third-order valence-corrected chi connectivity index (χ3v) is 2.40. The zero-order valence-electron chi connectivity index (χ0n) is 10.2. The number of carboxylic acid groups (broad SMARTS) is 1. The van der Waals surface area contributed by atoms with Crippen LogP contribution in [0.2, 0.25) is 0 Å². The van der Waals surface area contributed by atoms with Crippen molar-refractivity contribution in [3.63, 3.8) is 0 Å². The number of aromatic carboxylic acids is 1. The molecule has 7 nitrogen and oxygen atoms in total. The third kappa shape index (κ3) is 2.20. The molecule has 0 saturated heterocycles. The van der Waals surface area contributed by atoms with Crippen molar-refractivity contribution in [3.8, 4) is 5.95 Å². The van der Waals surface area contributed by atoms with Gasteiger partial charge < -0.3 is 5.11 Å². The van der Waals surface area contributed by atoms with Crippen LogP contribution in [0.5, 0.6) is 0 Å². The van der Waals surface area contributed by atoms with Crippen molar-refractivity contribution in [2.24, 2.45) is 0 Å². The van der Waals surface area contributed by atoms with Crippen LogP contribution in [0.15, 0.2) is 12.3 Å². The molecule has 0 spiro atoms. The van der Waals surface area contributed by atoms with Crippen molar-refractivity contribution in [1.82, 2.24) is 24.7 Å². The van der Waals surface area contributed by atoms with Gasteiger partial charge in [0.1, 0.15) is 5.82 Å². The molecular formula is C11H13N5O2. The minimum absolute atomic E-state index is 0.0596. The average molecular weight is 247 g/mol. The number of aromatic nitrogens is 5. The lowest BCUT2D eigenvalue weighted by Gasteiger charge is -2.02. The van der Waals surface area contributed by atoms with Gasteiger partial charge in [0.25, 0.3) is 5.95 Å². The lowest BCUT2D eigenvalue weighted by Crippen LogP contribution is -2.10. The van der Waals surface area contributed by atoms with Crippen molar-refractivity contribution in [1.29, 1.82) is 0 Å². The summed E-state index contributed by atoms with van der Waals surface area (Å²) in [5.74, 6) is 0.553. The van der Waals surface area contributed by atoms with E-state index in [4.69, 9.17) is 5.11 Å². The van der Waals surface area contributed by atoms with E-state index in [1.54, 1.807) is 0 Å². The Morgan fingerprint density at radius 2 is 2.11 bits per heavy atom. The van der Waals surface area contributed by atoms with E-state index >= 15 is 0 Å². The molecule has 0 saturated carbocycles. The maximum absolute atomic E-state index is 10.9. The largest absolute Gasteiger partial charge is 0.477 e. The van der Waals surface area contributed by atoms with Crippen LogP contribution in [0.25, 0.3) is 5.95 Å². The summed E-state index contributed by atoms with van der Waals surface area (Å²) in [5.41, 5.74) is -0.0596. The number of rotatable bonds is 4. The van der Waals surface area contributed by atoms with Gasteiger partial charge in [-0.1, -0.05) is 13.8 Å². The van der Waals surface area contributed by atoms with E-state index in [9.17, 15) is 4.79 Å². The highest BCUT2D eigenvalue weighted by Gasteiger charge is 2.13. The van der Waals surface area contributed by atoms with Crippen molar-refractivity contribution in [2.45, 2.75) is 26.7 Å². The predicted molar refractivity (Wildman–Crippen MR) is 62.7 cm³/mol. The Balaban J connectivity index is 2.50. The van der Waals surface area contributed by atoms with Gasteiger partial charge in [0, 0.05) is 19.0 Å². The second-order valence-corrected chi connectivity index (χ2v) is 3.61. The topological polar surface area (TPSA) is 93.8 Å². The van der Waals surface area contributed by atoms with E-state index in [2.05, 4.69) is 20.1 Å². The molecule has 0 aliphatic heterocycles. The lowest BCUT2D eigenvalue weighted by atomic mass is 10.4. The Labute approximate surface area is 104 Å². The van der Waals surface area contributed by atoms with Crippen LogP contribution in [0.3, 0.4) is 0 Å². The van der Waals surface area contributed by atoms with Crippen LogP contribution in [-0.2, 0) is 12.8 Å². The van der Waals surface area contributed by atoms with Gasteiger partial charge in [0.15, 0.2) is 11.5 Å². The Hall–Kier alpha value is -2.31. The van der Waals surface area contributed by atoms with Crippen molar-refractivity contribution in [2.75, 3.05) is 0 Å². The summed E-state index contributed by atoms with van der Waals surface area (Å²) in [4.78, 5) is 23.2. The number of hydrogen-bond acceptors (Lipinski definition) is 5. The Morgan fingerprint density at radius 3 is 2.72 bits per heavy atom. The standard InChI is InChI=1S/C11H13N5O2/c1-3-8-14-9(4-2)16(15-8)11-12-6-5-7(13-11)10(17)18/h5-6H,3-4H2,1-2H3,(H,17,18). The van der Waals surface area contributed by atoms with E-state index < -0.39 is 5.97 Å². The molecule has 1 N–H and O–H groups in total. The van der Waals surface area contributed by atoms with Gasteiger partial charge >= 0.3 is 5.97 Å². The first-order valence-corrected chi connectivity index (χ1v) is 5.67. The summed E-state index contributed by atoms with van der Waals surface area (Å²) >= 11 is 0. The Morgan fingerprint density at radius 1 is 1.33 bits per heavy atom. The van der Waals surface area contributed by atoms with Crippen molar-refractivity contribution >= 4 is 5.97 Å². The number of carbonyl (C=O) groups is 1. The van der Waals surface area contributed by atoms with Gasteiger partial charge in [-0.2, -0.15) is 4.68 Å². The summed E-state index contributed by atoms with van der Waals surface area (Å²) in [6.07, 6.45) is 2.78. The third-order valence-electron chi connectivity index (χ3n) is 2.40. The summed E-state index contributed by atoms with van der Waals surface area (Å²) in [5, 5.41) is 13.2. The van der Waals surface area contributed by atoms with Crippen molar-refractivity contribution in [3.05, 3.63) is 29.6 Å². The molecule has 2 aromatic rings. The maximum Gasteiger partial charge on any atom is 0.354 e. The molecule has 0 fully saturated rings. The summed E-state index contributed by atoms with van der Waals surface area (Å²) in [6.45, 7) is 3.90. The molecule has 0 amide bonds. The predicted octanol–water partition coefficient (Wildman–Crippen LogP) is 0.880. The molecule has 2 heterocycles. The molecule has 2 aromatic heterocycles.